The lowest BCUT2D eigenvalue weighted by Gasteiger charge is -2.21. The highest BCUT2D eigenvalue weighted by atomic mass is 31.2. The third-order valence-electron chi connectivity index (χ3n) is 17.4. The first kappa shape index (κ1) is 104. The Balaban J connectivity index is 4.58. The summed E-state index contributed by atoms with van der Waals surface area (Å²) in [4.78, 5) is 58.8. The average molecular weight is 1560 g/mol. The first-order chi connectivity index (χ1) is 53.2. The molecule has 16 nitrogen and oxygen atoms in total. The maximum atomic E-state index is 13.0. The van der Waals surface area contributed by atoms with Crippen molar-refractivity contribution in [2.45, 2.75) is 347 Å². The summed E-state index contributed by atoms with van der Waals surface area (Å²) < 4.78 is 61.3. The van der Waals surface area contributed by atoms with Crippen molar-refractivity contribution in [2.75, 3.05) is 39.6 Å². The highest BCUT2D eigenvalue weighted by Crippen LogP contribution is 2.45. The van der Waals surface area contributed by atoms with Crippen LogP contribution in [0.25, 0.3) is 0 Å². The Morgan fingerprint density at radius 2 is 0.486 bits per heavy atom. The Bertz CT molecular complexity index is 2660. The van der Waals surface area contributed by atoms with Crippen molar-refractivity contribution in [3.05, 3.63) is 170 Å². The predicted molar refractivity (Wildman–Crippen MR) is 454 cm³/mol. The molecule has 0 amide bonds. The molecular weight excluding hydrogens is 1410 g/mol. The molecule has 0 aromatic rings. The molecule has 0 aliphatic carbocycles. The quantitative estimate of drug-likeness (QED) is 0.0146. The second kappa shape index (κ2) is 82.4. The third-order valence-corrected chi connectivity index (χ3v) is 19.3. The van der Waals surface area contributed by atoms with Gasteiger partial charge in [0.2, 0.25) is 0 Å². The Morgan fingerprint density at radius 3 is 0.771 bits per heavy atom. The number of rotatable bonds is 79. The molecule has 0 saturated carbocycles. The molecule has 5 atom stereocenters. The third kappa shape index (κ3) is 83.7. The van der Waals surface area contributed by atoms with Gasteiger partial charge in [0.05, 0.1) is 26.4 Å². The van der Waals surface area contributed by atoms with E-state index in [0.29, 0.717) is 19.3 Å². The summed E-state index contributed by atoms with van der Waals surface area (Å²) in [6.45, 7) is 2.39. The molecule has 0 bridgehead atoms. The fraction of sp³-hybridized carbons (Fsp3) is 0.659. The van der Waals surface area contributed by atoms with Crippen molar-refractivity contribution >= 4 is 33.6 Å². The summed E-state index contributed by atoms with van der Waals surface area (Å²) in [7, 11) is -9.82. The second-order valence-electron chi connectivity index (χ2n) is 27.9. The number of esters is 3. The average Bonchev–Trinajstić information content (AvgIpc) is 0.906. The van der Waals surface area contributed by atoms with E-state index in [9.17, 15) is 43.5 Å². The van der Waals surface area contributed by atoms with Crippen LogP contribution in [0.15, 0.2) is 170 Å². The predicted octanol–water partition coefficient (Wildman–Crippen LogP) is 25.5. The van der Waals surface area contributed by atoms with Gasteiger partial charge in [-0.25, -0.2) is 9.13 Å². The summed E-state index contributed by atoms with van der Waals surface area (Å²) >= 11 is 0. The number of phosphoric acid groups is 2. The monoisotopic (exact) mass is 1560 g/mol. The number of allylic oxidation sites excluding steroid dienone is 28. The molecule has 0 rings (SSSR count). The molecule has 0 fully saturated rings. The summed E-state index contributed by atoms with van der Waals surface area (Å²) in [6.07, 6.45) is 105. The van der Waals surface area contributed by atoms with Gasteiger partial charge in [-0.3, -0.25) is 32.5 Å². The minimum atomic E-state index is -4.95. The zero-order valence-electron chi connectivity index (χ0n) is 68.2. The van der Waals surface area contributed by atoms with Crippen LogP contribution < -0.4 is 0 Å². The number of ether oxygens (including phenoxy) is 3. The van der Waals surface area contributed by atoms with E-state index in [1.165, 1.54) is 103 Å². The van der Waals surface area contributed by atoms with Crippen molar-refractivity contribution in [1.29, 1.82) is 0 Å². The minimum Gasteiger partial charge on any atom is -0.463 e. The molecule has 0 aromatic heterocycles. The van der Waals surface area contributed by atoms with E-state index in [1.807, 2.05) is 0 Å². The van der Waals surface area contributed by atoms with Crippen LogP contribution in [-0.2, 0) is 55.8 Å². The fourth-order valence-corrected chi connectivity index (χ4v) is 12.6. The Labute approximate surface area is 662 Å². The second-order valence-corrected chi connectivity index (χ2v) is 30.8. The summed E-state index contributed by atoms with van der Waals surface area (Å²) in [5.41, 5.74) is 0. The lowest BCUT2D eigenvalue weighted by atomic mass is 10.0. The van der Waals surface area contributed by atoms with Crippen molar-refractivity contribution in [2.24, 2.45) is 0 Å². The zero-order valence-corrected chi connectivity index (χ0v) is 70.0. The van der Waals surface area contributed by atoms with E-state index in [1.54, 1.807) is 0 Å². The Kier molecular flexibility index (Phi) is 78.5. The molecule has 622 valence electrons. The van der Waals surface area contributed by atoms with E-state index >= 15 is 0 Å². The van der Waals surface area contributed by atoms with Gasteiger partial charge < -0.3 is 34.2 Å². The van der Waals surface area contributed by atoms with Crippen LogP contribution in [0.2, 0.25) is 0 Å². The SMILES string of the molecule is CC/C=C\C/C=C\C/C=C\C/C=C\C/C=C\C/C=C\CCCCCCCCC(=O)OCC(COP(=O)(O)OCC(O)COP(=O)(O)OCC(O)COC(=O)CCCCCCCCCCCCCCCCC/C=C\C/C=C\C/C=C\C/C=C\CCCCC)OC(=O)CCCCCC/C=C\C/C=C\C/C=C\C/C=C\CC. The van der Waals surface area contributed by atoms with Crippen molar-refractivity contribution in [1.82, 2.24) is 0 Å². The minimum absolute atomic E-state index is 0.0671. The van der Waals surface area contributed by atoms with Crippen LogP contribution in [0.4, 0.5) is 0 Å². The maximum Gasteiger partial charge on any atom is 0.472 e. The summed E-state index contributed by atoms with van der Waals surface area (Å²) in [5, 5.41) is 20.7. The number of aliphatic hydroxyl groups excluding tert-OH is 2. The Hall–Kier alpha value is -5.09. The molecule has 0 aliphatic rings. The zero-order chi connectivity index (χ0) is 79.4. The van der Waals surface area contributed by atoms with Gasteiger partial charge in [-0.15, -0.1) is 0 Å². The number of aliphatic hydroxyl groups is 2. The molecule has 0 heterocycles. The molecule has 18 heteroatoms. The van der Waals surface area contributed by atoms with E-state index in [0.717, 1.165) is 167 Å². The van der Waals surface area contributed by atoms with Crippen LogP contribution in [0, 0.1) is 0 Å². The maximum absolute atomic E-state index is 13.0. The lowest BCUT2D eigenvalue weighted by molar-refractivity contribution is -0.161. The number of hydrogen-bond acceptors (Lipinski definition) is 14. The van der Waals surface area contributed by atoms with Gasteiger partial charge in [0.25, 0.3) is 0 Å². The standard InChI is InChI=1S/C91H152O16P2/c1-4-7-10-13-16-19-22-25-28-31-33-35-37-39-40-41-42-43-44-46-48-49-51-54-56-59-62-65-68-71-74-77-89(94)101-80-86(92)81-103-108(97,98)104-82-87(93)83-105-109(99,100)106-85-88(107-91(96)79-76-73-70-67-64-61-58-53-30-27-24-21-18-15-12-9-6-3)84-102-90(95)78-75-72-69-66-63-60-57-55-52-50-47-45-38-36-34-32-29-26-23-20-17-14-11-8-5-2/h8-9,11-12,16-21,25-30,33-36,39-40,45,47,52,55,58,61,86-88,92-93H,4-7,10,13-15,22-24,31-32,37-38,41-44,46,48-51,53-54,56-57,59-60,62-85H2,1-3H3,(H,97,98)(H,99,100)/b11-8-,12-9-,19-16-,20-17-,21-18-,28-25-,29-26-,30-27-,35-33-,36-34-,40-39-,47-45-,55-52-,61-58-. The first-order valence-corrected chi connectivity index (χ1v) is 45.4. The number of carbonyl (C=O) groups excluding carboxylic acids is 3. The smallest absolute Gasteiger partial charge is 0.463 e. The Morgan fingerprint density at radius 1 is 0.266 bits per heavy atom. The number of carbonyl (C=O) groups is 3. The van der Waals surface area contributed by atoms with Gasteiger partial charge in [0.15, 0.2) is 6.10 Å². The summed E-state index contributed by atoms with van der Waals surface area (Å²) in [6, 6.07) is 0. The van der Waals surface area contributed by atoms with Gasteiger partial charge in [-0.2, -0.15) is 0 Å². The molecule has 4 N–H and O–H groups in total. The van der Waals surface area contributed by atoms with Crippen LogP contribution >= 0.6 is 15.6 Å². The van der Waals surface area contributed by atoms with E-state index in [-0.39, 0.29) is 19.3 Å². The van der Waals surface area contributed by atoms with Crippen molar-refractivity contribution in [3.63, 3.8) is 0 Å². The number of hydrogen-bond donors (Lipinski definition) is 4. The topological polar surface area (TPSA) is 231 Å². The van der Waals surface area contributed by atoms with Crippen molar-refractivity contribution in [3.8, 4) is 0 Å². The molecular formula is C91H152O16P2. The molecule has 0 saturated heterocycles. The van der Waals surface area contributed by atoms with Gasteiger partial charge >= 0.3 is 33.6 Å². The highest BCUT2D eigenvalue weighted by Gasteiger charge is 2.29. The van der Waals surface area contributed by atoms with Gasteiger partial charge in [0.1, 0.15) is 25.4 Å². The largest absolute Gasteiger partial charge is 0.472 e. The van der Waals surface area contributed by atoms with Crippen LogP contribution in [-0.4, -0.2) is 95.9 Å². The molecule has 0 aliphatic heterocycles. The molecule has 109 heavy (non-hydrogen) atoms. The normalized spacial score (nSPS) is 14.7. The van der Waals surface area contributed by atoms with Crippen LogP contribution in [0.3, 0.4) is 0 Å². The van der Waals surface area contributed by atoms with Crippen LogP contribution in [0.5, 0.6) is 0 Å². The van der Waals surface area contributed by atoms with E-state index in [4.69, 9.17) is 32.3 Å². The van der Waals surface area contributed by atoms with Gasteiger partial charge in [-0.05, 0) is 154 Å². The van der Waals surface area contributed by atoms with Gasteiger partial charge in [0, 0.05) is 19.3 Å². The molecule has 5 unspecified atom stereocenters. The van der Waals surface area contributed by atoms with Crippen molar-refractivity contribution < 1.29 is 75.8 Å². The van der Waals surface area contributed by atoms with E-state index in [2.05, 4.69) is 191 Å². The van der Waals surface area contributed by atoms with Gasteiger partial charge in [-0.1, -0.05) is 326 Å². The number of phosphoric ester groups is 2. The van der Waals surface area contributed by atoms with Crippen LogP contribution in [0.1, 0.15) is 329 Å². The molecule has 0 spiro atoms. The van der Waals surface area contributed by atoms with E-state index < -0.39 is 91.5 Å². The number of unbranched alkanes of at least 4 members (excludes halogenated alkanes) is 28. The fourth-order valence-electron chi connectivity index (χ4n) is 11.0. The molecule has 0 radical (unpaired) electrons. The highest BCUT2D eigenvalue weighted by molar-refractivity contribution is 7.47. The lowest BCUT2D eigenvalue weighted by Crippen LogP contribution is -2.30. The first-order valence-electron chi connectivity index (χ1n) is 42.4. The summed E-state index contributed by atoms with van der Waals surface area (Å²) in [5.74, 6) is -1.62. The molecule has 0 aromatic carbocycles.